The van der Waals surface area contributed by atoms with E-state index in [0.29, 0.717) is 6.61 Å². The van der Waals surface area contributed by atoms with Crippen molar-refractivity contribution in [1.82, 2.24) is 0 Å². The Bertz CT molecular complexity index is 229. The molecule has 0 bridgehead atoms. The summed E-state index contributed by atoms with van der Waals surface area (Å²) in [5.74, 6) is -0.267. The van der Waals surface area contributed by atoms with Crippen LogP contribution in [0.4, 0.5) is 0 Å². The Morgan fingerprint density at radius 1 is 1.00 bits per heavy atom. The molecule has 0 saturated carbocycles. The van der Waals surface area contributed by atoms with Gasteiger partial charge in [-0.1, -0.05) is 57.3 Å². The number of esters is 1. The minimum atomic E-state index is -0.267. The molecule has 98 valence electrons. The Kier molecular flexibility index (Phi) is 12.2. The summed E-state index contributed by atoms with van der Waals surface area (Å²) in [5.41, 5.74) is 0. The van der Waals surface area contributed by atoms with Crippen LogP contribution in [-0.2, 0) is 9.53 Å². The summed E-state index contributed by atoms with van der Waals surface area (Å²) in [6.07, 6.45) is 16.3. The van der Waals surface area contributed by atoms with Crippen LogP contribution in [-0.4, -0.2) is 12.6 Å². The number of hydrogen-bond acceptors (Lipinski definition) is 2. The van der Waals surface area contributed by atoms with Crippen LogP contribution in [0.1, 0.15) is 58.8 Å². The molecule has 0 amide bonds. The van der Waals surface area contributed by atoms with E-state index < -0.39 is 0 Å². The van der Waals surface area contributed by atoms with Crippen molar-refractivity contribution in [3.8, 4) is 0 Å². The molecule has 17 heavy (non-hydrogen) atoms. The topological polar surface area (TPSA) is 26.3 Å². The van der Waals surface area contributed by atoms with Crippen molar-refractivity contribution < 1.29 is 9.53 Å². The van der Waals surface area contributed by atoms with Gasteiger partial charge < -0.3 is 4.74 Å². The second-order valence-electron chi connectivity index (χ2n) is 4.10. The summed E-state index contributed by atoms with van der Waals surface area (Å²) in [4.78, 5) is 10.9. The molecule has 0 rings (SSSR count). The van der Waals surface area contributed by atoms with Crippen molar-refractivity contribution in [3.63, 3.8) is 0 Å². The van der Waals surface area contributed by atoms with Crippen molar-refractivity contribution in [2.45, 2.75) is 58.8 Å². The first-order valence-electron chi connectivity index (χ1n) is 6.81. The summed E-state index contributed by atoms with van der Waals surface area (Å²) in [5, 5.41) is 0. The zero-order chi connectivity index (χ0) is 12.8. The summed E-state index contributed by atoms with van der Waals surface area (Å²) in [7, 11) is 0. The first-order chi connectivity index (χ1) is 8.31. The average molecular weight is 238 g/mol. The lowest BCUT2D eigenvalue weighted by Crippen LogP contribution is -1.98. The van der Waals surface area contributed by atoms with E-state index >= 15 is 0 Å². The highest BCUT2D eigenvalue weighted by Crippen LogP contribution is 2.07. The quantitative estimate of drug-likeness (QED) is 0.244. The number of carbonyl (C=O) groups is 1. The van der Waals surface area contributed by atoms with Crippen LogP contribution in [0.5, 0.6) is 0 Å². The molecule has 0 radical (unpaired) electrons. The standard InChI is InChI=1S/C15H26O2/c1-3-5-6-7-8-9-10-11-12-13-14-15(16)17-4-2/h11-14H,3-10H2,1-2H3/b12-11-,14-13+. The lowest BCUT2D eigenvalue weighted by molar-refractivity contribution is -0.137. The number of ether oxygens (including phenoxy) is 1. The summed E-state index contributed by atoms with van der Waals surface area (Å²) < 4.78 is 4.76. The zero-order valence-corrected chi connectivity index (χ0v) is 11.3. The number of allylic oxidation sites excluding steroid dienone is 3. The third-order valence-electron chi connectivity index (χ3n) is 2.49. The fourth-order valence-electron chi connectivity index (χ4n) is 1.54. The molecule has 0 aliphatic rings. The van der Waals surface area contributed by atoms with E-state index in [1.807, 2.05) is 6.08 Å². The normalized spacial score (nSPS) is 11.4. The maximum absolute atomic E-state index is 10.9. The number of unbranched alkanes of at least 4 members (excludes halogenated alkanes) is 6. The highest BCUT2D eigenvalue weighted by atomic mass is 16.5. The van der Waals surface area contributed by atoms with Crippen LogP contribution in [0.2, 0.25) is 0 Å². The Morgan fingerprint density at radius 2 is 1.71 bits per heavy atom. The van der Waals surface area contributed by atoms with Crippen LogP contribution in [0.3, 0.4) is 0 Å². The Hall–Kier alpha value is -1.05. The van der Waals surface area contributed by atoms with Gasteiger partial charge in [-0.25, -0.2) is 4.79 Å². The van der Waals surface area contributed by atoms with E-state index in [1.54, 1.807) is 13.0 Å². The Morgan fingerprint density at radius 3 is 2.41 bits per heavy atom. The average Bonchev–Trinajstić information content (AvgIpc) is 2.32. The number of hydrogen-bond donors (Lipinski definition) is 0. The summed E-state index contributed by atoms with van der Waals surface area (Å²) >= 11 is 0. The van der Waals surface area contributed by atoms with Crippen molar-refractivity contribution in [2.75, 3.05) is 6.61 Å². The van der Waals surface area contributed by atoms with Gasteiger partial charge in [0, 0.05) is 6.08 Å². The number of rotatable bonds is 10. The molecule has 0 atom stereocenters. The van der Waals surface area contributed by atoms with Crippen LogP contribution < -0.4 is 0 Å². The van der Waals surface area contributed by atoms with Crippen LogP contribution in [0.15, 0.2) is 24.3 Å². The highest BCUT2D eigenvalue weighted by Gasteiger charge is 1.90. The van der Waals surface area contributed by atoms with Gasteiger partial charge in [0.2, 0.25) is 0 Å². The molecular formula is C15H26O2. The number of carbonyl (C=O) groups excluding carboxylic acids is 1. The molecule has 2 nitrogen and oxygen atoms in total. The van der Waals surface area contributed by atoms with Gasteiger partial charge >= 0.3 is 5.97 Å². The second-order valence-corrected chi connectivity index (χ2v) is 4.10. The third kappa shape index (κ3) is 12.9. The molecule has 0 aliphatic carbocycles. The first kappa shape index (κ1) is 16.0. The zero-order valence-electron chi connectivity index (χ0n) is 11.3. The van der Waals surface area contributed by atoms with Crippen molar-refractivity contribution in [1.29, 1.82) is 0 Å². The predicted octanol–water partition coefficient (Wildman–Crippen LogP) is 4.41. The third-order valence-corrected chi connectivity index (χ3v) is 2.49. The molecule has 0 heterocycles. The maximum Gasteiger partial charge on any atom is 0.330 e. The molecule has 0 fully saturated rings. The molecule has 0 unspecified atom stereocenters. The SMILES string of the molecule is CCCCCCCC/C=C\C=C\C(=O)OCC. The van der Waals surface area contributed by atoms with Gasteiger partial charge in [0.25, 0.3) is 0 Å². The smallest absolute Gasteiger partial charge is 0.330 e. The highest BCUT2D eigenvalue weighted by molar-refractivity contribution is 5.82. The minimum absolute atomic E-state index is 0.267. The van der Waals surface area contributed by atoms with E-state index in [0.717, 1.165) is 6.42 Å². The molecule has 0 aliphatic heterocycles. The molecular weight excluding hydrogens is 212 g/mol. The van der Waals surface area contributed by atoms with E-state index in [-0.39, 0.29) is 5.97 Å². The van der Waals surface area contributed by atoms with Crippen LogP contribution in [0.25, 0.3) is 0 Å². The predicted molar refractivity (Wildman–Crippen MR) is 72.9 cm³/mol. The molecule has 0 spiro atoms. The first-order valence-corrected chi connectivity index (χ1v) is 6.81. The second kappa shape index (κ2) is 13.0. The van der Waals surface area contributed by atoms with Gasteiger partial charge in [-0.3, -0.25) is 0 Å². The fourth-order valence-corrected chi connectivity index (χ4v) is 1.54. The van der Waals surface area contributed by atoms with Crippen molar-refractivity contribution in [2.24, 2.45) is 0 Å². The van der Waals surface area contributed by atoms with E-state index in [1.165, 1.54) is 44.6 Å². The van der Waals surface area contributed by atoms with Gasteiger partial charge in [-0.05, 0) is 19.8 Å². The van der Waals surface area contributed by atoms with Crippen molar-refractivity contribution >= 4 is 5.97 Å². The molecule has 0 N–H and O–H groups in total. The monoisotopic (exact) mass is 238 g/mol. The minimum Gasteiger partial charge on any atom is -0.463 e. The molecule has 0 saturated heterocycles. The molecule has 0 aromatic carbocycles. The van der Waals surface area contributed by atoms with Gasteiger partial charge in [0.1, 0.15) is 0 Å². The Balaban J connectivity index is 3.33. The fraction of sp³-hybridized carbons (Fsp3) is 0.667. The van der Waals surface area contributed by atoms with Crippen LogP contribution >= 0.6 is 0 Å². The van der Waals surface area contributed by atoms with Crippen LogP contribution in [0, 0.1) is 0 Å². The lowest BCUT2D eigenvalue weighted by atomic mass is 10.1. The van der Waals surface area contributed by atoms with E-state index in [4.69, 9.17) is 4.74 Å². The van der Waals surface area contributed by atoms with Gasteiger partial charge in [-0.15, -0.1) is 0 Å². The lowest BCUT2D eigenvalue weighted by Gasteiger charge is -1.97. The largest absolute Gasteiger partial charge is 0.463 e. The van der Waals surface area contributed by atoms with Gasteiger partial charge in [0.15, 0.2) is 0 Å². The molecule has 2 heteroatoms. The summed E-state index contributed by atoms with van der Waals surface area (Å²) in [6, 6.07) is 0. The molecule has 0 aromatic heterocycles. The molecule has 0 aromatic rings. The Labute approximate surface area is 106 Å². The van der Waals surface area contributed by atoms with Crippen molar-refractivity contribution in [3.05, 3.63) is 24.3 Å². The van der Waals surface area contributed by atoms with E-state index in [9.17, 15) is 4.79 Å². The van der Waals surface area contributed by atoms with Gasteiger partial charge in [0.05, 0.1) is 6.61 Å². The van der Waals surface area contributed by atoms with E-state index in [2.05, 4.69) is 13.0 Å². The summed E-state index contributed by atoms with van der Waals surface area (Å²) in [6.45, 7) is 4.48. The maximum atomic E-state index is 10.9. The van der Waals surface area contributed by atoms with Gasteiger partial charge in [-0.2, -0.15) is 0 Å².